The maximum atomic E-state index is 11.9. The summed E-state index contributed by atoms with van der Waals surface area (Å²) in [5.41, 5.74) is 1.66. The van der Waals surface area contributed by atoms with Crippen LogP contribution in [0.5, 0.6) is 5.75 Å². The Morgan fingerprint density at radius 1 is 1.04 bits per heavy atom. The quantitative estimate of drug-likeness (QED) is 0.459. The monoisotopic (exact) mass is 354 g/mol. The Kier molecular flexibility index (Phi) is 5.46. The molecule has 0 bridgehead atoms. The van der Waals surface area contributed by atoms with E-state index in [9.17, 15) is 9.59 Å². The van der Waals surface area contributed by atoms with Gasteiger partial charge in [-0.2, -0.15) is 0 Å². The third-order valence-corrected chi connectivity index (χ3v) is 4.80. The first-order valence-electron chi connectivity index (χ1n) is 7.98. The Labute approximate surface area is 150 Å². The zero-order valence-corrected chi connectivity index (χ0v) is 14.7. The van der Waals surface area contributed by atoms with Gasteiger partial charge in [-0.3, -0.25) is 9.59 Å². The molecule has 0 radical (unpaired) electrons. The molecule has 0 spiro atoms. The van der Waals surface area contributed by atoms with Gasteiger partial charge in [0.05, 0.1) is 13.0 Å². The molecule has 0 fully saturated rings. The third-order valence-electron chi connectivity index (χ3n) is 3.79. The molecule has 3 aromatic rings. The number of thiophene rings is 1. The van der Waals surface area contributed by atoms with Crippen LogP contribution in [-0.4, -0.2) is 18.4 Å². The predicted molar refractivity (Wildman–Crippen MR) is 98.2 cm³/mol. The first-order valence-corrected chi connectivity index (χ1v) is 8.86. The molecule has 0 saturated carbocycles. The van der Waals surface area contributed by atoms with Crippen LogP contribution < -0.4 is 4.74 Å². The van der Waals surface area contributed by atoms with Crippen molar-refractivity contribution in [2.45, 2.75) is 20.0 Å². The van der Waals surface area contributed by atoms with Crippen molar-refractivity contribution in [1.29, 1.82) is 0 Å². The number of esters is 1. The lowest BCUT2D eigenvalue weighted by Crippen LogP contribution is -2.09. The minimum atomic E-state index is -0.296. The van der Waals surface area contributed by atoms with Crippen LogP contribution in [0.25, 0.3) is 10.1 Å². The molecule has 0 atom stereocenters. The van der Waals surface area contributed by atoms with Crippen LogP contribution in [-0.2, 0) is 16.1 Å². The molecular formula is C20H18O4S. The van der Waals surface area contributed by atoms with E-state index in [1.807, 2.05) is 23.6 Å². The average Bonchev–Trinajstić information content (AvgIpc) is 3.03. The van der Waals surface area contributed by atoms with E-state index < -0.39 is 0 Å². The van der Waals surface area contributed by atoms with E-state index in [2.05, 4.69) is 6.07 Å². The van der Waals surface area contributed by atoms with Crippen LogP contribution in [0.4, 0.5) is 0 Å². The second-order valence-corrected chi connectivity index (χ2v) is 6.51. The number of ketones is 1. The second-order valence-electron chi connectivity index (χ2n) is 5.60. The van der Waals surface area contributed by atoms with E-state index in [1.165, 1.54) is 11.6 Å². The minimum Gasteiger partial charge on any atom is -0.493 e. The van der Waals surface area contributed by atoms with Crippen molar-refractivity contribution >= 4 is 33.2 Å². The number of rotatable bonds is 7. The molecule has 25 heavy (non-hydrogen) atoms. The van der Waals surface area contributed by atoms with Crippen LogP contribution in [0.3, 0.4) is 0 Å². The van der Waals surface area contributed by atoms with Gasteiger partial charge in [0.15, 0.2) is 5.78 Å². The van der Waals surface area contributed by atoms with Gasteiger partial charge < -0.3 is 9.47 Å². The third kappa shape index (κ3) is 4.45. The number of fused-ring (bicyclic) bond motifs is 1. The summed E-state index contributed by atoms with van der Waals surface area (Å²) < 4.78 is 12.0. The van der Waals surface area contributed by atoms with Crippen molar-refractivity contribution in [1.82, 2.24) is 0 Å². The molecule has 0 aliphatic carbocycles. The highest BCUT2D eigenvalue weighted by Crippen LogP contribution is 2.26. The molecule has 0 amide bonds. The average molecular weight is 354 g/mol. The molecule has 0 aliphatic rings. The van der Waals surface area contributed by atoms with Crippen molar-refractivity contribution in [3.05, 3.63) is 65.0 Å². The van der Waals surface area contributed by atoms with Crippen LogP contribution in [0, 0.1) is 0 Å². The van der Waals surface area contributed by atoms with E-state index in [-0.39, 0.29) is 31.4 Å². The topological polar surface area (TPSA) is 52.6 Å². The number of carbonyl (C=O) groups excluding carboxylic acids is 2. The Morgan fingerprint density at radius 3 is 2.56 bits per heavy atom. The molecule has 5 heteroatoms. The van der Waals surface area contributed by atoms with Crippen molar-refractivity contribution in [2.24, 2.45) is 0 Å². The summed E-state index contributed by atoms with van der Waals surface area (Å²) in [6.07, 6.45) is 0.177. The van der Waals surface area contributed by atoms with E-state index in [0.717, 1.165) is 10.9 Å². The largest absolute Gasteiger partial charge is 0.493 e. The smallest absolute Gasteiger partial charge is 0.309 e. The summed E-state index contributed by atoms with van der Waals surface area (Å²) in [6.45, 7) is 2.03. The zero-order valence-electron chi connectivity index (χ0n) is 13.9. The minimum absolute atomic E-state index is 0.0103. The van der Waals surface area contributed by atoms with Crippen molar-refractivity contribution in [3.8, 4) is 5.75 Å². The zero-order chi connectivity index (χ0) is 17.6. The fraction of sp³-hybridized carbons (Fsp3) is 0.200. The summed E-state index contributed by atoms with van der Waals surface area (Å²) in [6, 6.07) is 14.9. The standard InChI is InChI=1S/C20H18O4S/c1-14(21)15-6-8-17(9-7-15)23-11-10-20(22)24-12-16-13-25-19-5-3-2-4-18(16)19/h2-9,13H,10-12H2,1H3. The number of benzene rings is 2. The highest BCUT2D eigenvalue weighted by molar-refractivity contribution is 7.17. The second kappa shape index (κ2) is 7.94. The van der Waals surface area contributed by atoms with Gasteiger partial charge in [-0.25, -0.2) is 0 Å². The van der Waals surface area contributed by atoms with E-state index in [4.69, 9.17) is 9.47 Å². The molecule has 0 aliphatic heterocycles. The predicted octanol–water partition coefficient (Wildman–Crippen LogP) is 4.62. The van der Waals surface area contributed by atoms with Crippen LogP contribution in [0.1, 0.15) is 29.3 Å². The number of hydrogen-bond donors (Lipinski definition) is 0. The molecule has 2 aromatic carbocycles. The molecule has 1 aromatic heterocycles. The number of carbonyl (C=O) groups is 2. The number of Topliss-reactive ketones (excluding diaryl/α,β-unsaturated/α-hetero) is 1. The van der Waals surface area contributed by atoms with Crippen molar-refractivity contribution < 1.29 is 19.1 Å². The van der Waals surface area contributed by atoms with Crippen LogP contribution >= 0.6 is 11.3 Å². The van der Waals surface area contributed by atoms with Gasteiger partial charge in [-0.1, -0.05) is 18.2 Å². The van der Waals surface area contributed by atoms with E-state index >= 15 is 0 Å². The van der Waals surface area contributed by atoms with Gasteiger partial charge in [0.1, 0.15) is 12.4 Å². The summed E-state index contributed by atoms with van der Waals surface area (Å²) in [7, 11) is 0. The molecule has 128 valence electrons. The van der Waals surface area contributed by atoms with Crippen molar-refractivity contribution in [2.75, 3.05) is 6.61 Å². The van der Waals surface area contributed by atoms with E-state index in [0.29, 0.717) is 11.3 Å². The fourth-order valence-corrected chi connectivity index (χ4v) is 3.36. The normalized spacial score (nSPS) is 10.6. The summed E-state index contributed by atoms with van der Waals surface area (Å²) in [5.74, 6) is 0.341. The van der Waals surface area contributed by atoms with Gasteiger partial charge in [0.2, 0.25) is 0 Å². The van der Waals surface area contributed by atoms with Crippen molar-refractivity contribution in [3.63, 3.8) is 0 Å². The Bertz CT molecular complexity index is 880. The van der Waals surface area contributed by atoms with E-state index in [1.54, 1.807) is 35.6 Å². The summed E-state index contributed by atoms with van der Waals surface area (Å²) in [5, 5.41) is 3.15. The van der Waals surface area contributed by atoms with Crippen LogP contribution in [0.15, 0.2) is 53.9 Å². The van der Waals surface area contributed by atoms with Gasteiger partial charge >= 0.3 is 5.97 Å². The lowest BCUT2D eigenvalue weighted by molar-refractivity contribution is -0.145. The maximum absolute atomic E-state index is 11.9. The Morgan fingerprint density at radius 2 is 1.80 bits per heavy atom. The summed E-state index contributed by atoms with van der Waals surface area (Å²) in [4.78, 5) is 23.1. The van der Waals surface area contributed by atoms with Crippen LogP contribution in [0.2, 0.25) is 0 Å². The maximum Gasteiger partial charge on any atom is 0.309 e. The number of hydrogen-bond acceptors (Lipinski definition) is 5. The number of ether oxygens (including phenoxy) is 2. The first-order chi connectivity index (χ1) is 12.1. The molecule has 4 nitrogen and oxygen atoms in total. The van der Waals surface area contributed by atoms with Gasteiger partial charge in [-0.05, 0) is 48.0 Å². The molecule has 0 unspecified atom stereocenters. The molecule has 1 heterocycles. The molecule has 0 N–H and O–H groups in total. The highest BCUT2D eigenvalue weighted by Gasteiger charge is 2.08. The summed E-state index contributed by atoms with van der Waals surface area (Å²) >= 11 is 1.64. The lowest BCUT2D eigenvalue weighted by Gasteiger charge is -2.07. The highest BCUT2D eigenvalue weighted by atomic mass is 32.1. The van der Waals surface area contributed by atoms with Gasteiger partial charge in [0, 0.05) is 15.8 Å². The lowest BCUT2D eigenvalue weighted by atomic mass is 10.1. The molecule has 3 rings (SSSR count). The Hall–Kier alpha value is -2.66. The van der Waals surface area contributed by atoms with Gasteiger partial charge in [0.25, 0.3) is 0 Å². The molecule has 0 saturated heterocycles. The fourth-order valence-electron chi connectivity index (χ4n) is 2.41. The molecular weight excluding hydrogens is 336 g/mol. The Balaban J connectivity index is 1.44. The first kappa shape index (κ1) is 17.2. The van der Waals surface area contributed by atoms with Gasteiger partial charge in [-0.15, -0.1) is 11.3 Å². The SMILES string of the molecule is CC(=O)c1ccc(OCCC(=O)OCc2csc3ccccc23)cc1.